The maximum absolute atomic E-state index is 8.89. The van der Waals surface area contributed by atoms with Gasteiger partial charge in [0.05, 0.1) is 23.5 Å². The van der Waals surface area contributed by atoms with Crippen molar-refractivity contribution in [3.8, 4) is 12.1 Å². The van der Waals surface area contributed by atoms with Gasteiger partial charge in [-0.05, 0) is 46.7 Å². The molecule has 0 heterocycles. The fourth-order valence-electron chi connectivity index (χ4n) is 1.61. The van der Waals surface area contributed by atoms with Crippen molar-refractivity contribution < 1.29 is 0 Å². The standard InChI is InChI=1S/C13H23N3/c1-5-16(10-12(2)9-14)8-6-7-13(3,4)11-15/h12H,5-8,10H2,1-4H3. The van der Waals surface area contributed by atoms with Crippen LogP contribution in [0, 0.1) is 34.0 Å². The zero-order chi connectivity index (χ0) is 12.6. The van der Waals surface area contributed by atoms with Gasteiger partial charge in [0.2, 0.25) is 0 Å². The van der Waals surface area contributed by atoms with E-state index < -0.39 is 0 Å². The van der Waals surface area contributed by atoms with Gasteiger partial charge in [0.25, 0.3) is 0 Å². The molecule has 0 N–H and O–H groups in total. The van der Waals surface area contributed by atoms with E-state index in [4.69, 9.17) is 10.5 Å². The topological polar surface area (TPSA) is 50.8 Å². The molecule has 3 nitrogen and oxygen atoms in total. The second-order valence-corrected chi connectivity index (χ2v) is 5.02. The van der Waals surface area contributed by atoms with E-state index in [1.165, 1.54) is 0 Å². The highest BCUT2D eigenvalue weighted by molar-refractivity contribution is 4.91. The molecule has 0 fully saturated rings. The van der Waals surface area contributed by atoms with E-state index in [-0.39, 0.29) is 11.3 Å². The minimum atomic E-state index is -0.222. The van der Waals surface area contributed by atoms with Gasteiger partial charge in [0, 0.05) is 6.54 Å². The molecule has 0 aliphatic rings. The normalized spacial score (nSPS) is 13.2. The Morgan fingerprint density at radius 1 is 1.31 bits per heavy atom. The molecule has 0 spiro atoms. The summed E-state index contributed by atoms with van der Waals surface area (Å²) in [5.41, 5.74) is -0.222. The summed E-state index contributed by atoms with van der Waals surface area (Å²) in [5.74, 6) is 0.0870. The van der Waals surface area contributed by atoms with E-state index in [0.717, 1.165) is 32.5 Å². The molecule has 0 aromatic heterocycles. The molecule has 0 bridgehead atoms. The van der Waals surface area contributed by atoms with Crippen LogP contribution in [0.4, 0.5) is 0 Å². The summed E-state index contributed by atoms with van der Waals surface area (Å²) in [5, 5.41) is 17.6. The lowest BCUT2D eigenvalue weighted by molar-refractivity contribution is 0.251. The van der Waals surface area contributed by atoms with Crippen molar-refractivity contribution in [3.05, 3.63) is 0 Å². The molecule has 16 heavy (non-hydrogen) atoms. The molecular formula is C13H23N3. The van der Waals surface area contributed by atoms with Crippen molar-refractivity contribution in [1.29, 1.82) is 10.5 Å². The maximum Gasteiger partial charge on any atom is 0.0683 e. The lowest BCUT2D eigenvalue weighted by atomic mass is 9.90. The maximum atomic E-state index is 8.89. The second-order valence-electron chi connectivity index (χ2n) is 5.02. The van der Waals surface area contributed by atoms with Crippen LogP contribution >= 0.6 is 0 Å². The van der Waals surface area contributed by atoms with Gasteiger partial charge in [0.1, 0.15) is 0 Å². The molecular weight excluding hydrogens is 198 g/mol. The largest absolute Gasteiger partial charge is 0.302 e. The third-order valence-corrected chi connectivity index (χ3v) is 2.78. The fraction of sp³-hybridized carbons (Fsp3) is 0.846. The molecule has 0 saturated carbocycles. The third-order valence-electron chi connectivity index (χ3n) is 2.78. The highest BCUT2D eigenvalue weighted by atomic mass is 15.1. The monoisotopic (exact) mass is 221 g/mol. The summed E-state index contributed by atoms with van der Waals surface area (Å²) in [6.45, 7) is 10.8. The van der Waals surface area contributed by atoms with Gasteiger partial charge in [-0.2, -0.15) is 10.5 Å². The summed E-state index contributed by atoms with van der Waals surface area (Å²) in [6, 6.07) is 4.57. The average molecular weight is 221 g/mol. The van der Waals surface area contributed by atoms with Crippen molar-refractivity contribution in [2.24, 2.45) is 11.3 Å². The van der Waals surface area contributed by atoms with E-state index in [1.54, 1.807) is 0 Å². The SMILES string of the molecule is CCN(CCCC(C)(C)C#N)CC(C)C#N. The molecule has 0 aromatic rings. The van der Waals surface area contributed by atoms with E-state index >= 15 is 0 Å². The highest BCUT2D eigenvalue weighted by Gasteiger charge is 2.16. The predicted octanol–water partition coefficient (Wildman–Crippen LogP) is 2.80. The van der Waals surface area contributed by atoms with Crippen molar-refractivity contribution in [1.82, 2.24) is 4.90 Å². The van der Waals surface area contributed by atoms with Crippen LogP contribution < -0.4 is 0 Å². The number of nitriles is 2. The van der Waals surface area contributed by atoms with Gasteiger partial charge in [-0.1, -0.05) is 6.92 Å². The first kappa shape index (κ1) is 14.9. The molecule has 3 heteroatoms. The van der Waals surface area contributed by atoms with Crippen LogP contribution in [0.1, 0.15) is 40.5 Å². The quantitative estimate of drug-likeness (QED) is 0.664. The number of hydrogen-bond donors (Lipinski definition) is 0. The third kappa shape index (κ3) is 6.43. The van der Waals surface area contributed by atoms with Crippen LogP contribution in [0.2, 0.25) is 0 Å². The lowest BCUT2D eigenvalue weighted by Gasteiger charge is -2.23. The molecule has 0 rings (SSSR count). The Labute approximate surface area is 99.7 Å². The van der Waals surface area contributed by atoms with Crippen LogP contribution in [0.3, 0.4) is 0 Å². The summed E-state index contributed by atoms with van der Waals surface area (Å²) in [6.07, 6.45) is 1.94. The first-order chi connectivity index (χ1) is 7.45. The van der Waals surface area contributed by atoms with Crippen molar-refractivity contribution >= 4 is 0 Å². The van der Waals surface area contributed by atoms with Crippen LogP contribution in [-0.2, 0) is 0 Å². The summed E-state index contributed by atoms with van der Waals surface area (Å²) < 4.78 is 0. The molecule has 0 aliphatic heterocycles. The molecule has 1 atom stereocenters. The zero-order valence-electron chi connectivity index (χ0n) is 11.0. The number of rotatable bonds is 7. The first-order valence-corrected chi connectivity index (χ1v) is 5.98. The van der Waals surface area contributed by atoms with E-state index in [2.05, 4.69) is 24.0 Å². The van der Waals surface area contributed by atoms with E-state index in [9.17, 15) is 0 Å². The molecule has 0 aliphatic carbocycles. The van der Waals surface area contributed by atoms with Crippen LogP contribution in [0.5, 0.6) is 0 Å². The molecule has 0 aromatic carbocycles. The molecule has 0 amide bonds. The molecule has 90 valence electrons. The van der Waals surface area contributed by atoms with Crippen molar-refractivity contribution in [2.75, 3.05) is 19.6 Å². The van der Waals surface area contributed by atoms with Gasteiger partial charge >= 0.3 is 0 Å². The minimum Gasteiger partial charge on any atom is -0.302 e. The molecule has 1 unspecified atom stereocenters. The Morgan fingerprint density at radius 2 is 1.94 bits per heavy atom. The van der Waals surface area contributed by atoms with Gasteiger partial charge in [-0.3, -0.25) is 0 Å². The summed E-state index contributed by atoms with van der Waals surface area (Å²) in [7, 11) is 0. The van der Waals surface area contributed by atoms with Gasteiger partial charge in [-0.15, -0.1) is 0 Å². The van der Waals surface area contributed by atoms with Gasteiger partial charge in [0.15, 0.2) is 0 Å². The smallest absolute Gasteiger partial charge is 0.0683 e. The van der Waals surface area contributed by atoms with E-state index in [0.29, 0.717) is 0 Å². The Bertz CT molecular complexity index is 270. The highest BCUT2D eigenvalue weighted by Crippen LogP contribution is 2.20. The number of nitrogens with zero attached hydrogens (tertiary/aromatic N) is 3. The second kappa shape index (κ2) is 7.25. The molecule has 0 radical (unpaired) electrons. The fourth-order valence-corrected chi connectivity index (χ4v) is 1.61. The van der Waals surface area contributed by atoms with Crippen LogP contribution in [0.15, 0.2) is 0 Å². The van der Waals surface area contributed by atoms with Gasteiger partial charge < -0.3 is 4.90 Å². The van der Waals surface area contributed by atoms with E-state index in [1.807, 2.05) is 20.8 Å². The first-order valence-electron chi connectivity index (χ1n) is 5.98. The van der Waals surface area contributed by atoms with Gasteiger partial charge in [-0.25, -0.2) is 0 Å². The lowest BCUT2D eigenvalue weighted by Crippen LogP contribution is -2.29. The Hall–Kier alpha value is -1.06. The predicted molar refractivity (Wildman–Crippen MR) is 65.5 cm³/mol. The summed E-state index contributed by atoms with van der Waals surface area (Å²) in [4.78, 5) is 2.28. The minimum absolute atomic E-state index is 0.0870. The molecule has 0 saturated heterocycles. The van der Waals surface area contributed by atoms with Crippen molar-refractivity contribution in [2.45, 2.75) is 40.5 Å². The van der Waals surface area contributed by atoms with Crippen LogP contribution in [-0.4, -0.2) is 24.5 Å². The van der Waals surface area contributed by atoms with Crippen molar-refractivity contribution in [3.63, 3.8) is 0 Å². The average Bonchev–Trinajstić information content (AvgIpc) is 2.27. The zero-order valence-corrected chi connectivity index (χ0v) is 11.0. The Kier molecular flexibility index (Phi) is 6.77. The van der Waals surface area contributed by atoms with Crippen LogP contribution in [0.25, 0.3) is 0 Å². The Morgan fingerprint density at radius 3 is 2.38 bits per heavy atom. The number of hydrogen-bond acceptors (Lipinski definition) is 3. The Balaban J connectivity index is 3.90. The summed E-state index contributed by atoms with van der Waals surface area (Å²) >= 11 is 0.